The van der Waals surface area contributed by atoms with E-state index in [4.69, 9.17) is 5.14 Å². The molecule has 0 aromatic heterocycles. The number of carbonyl (C=O) groups excluding carboxylic acids is 1. The molecule has 26 heavy (non-hydrogen) atoms. The Balaban J connectivity index is 2.07. The summed E-state index contributed by atoms with van der Waals surface area (Å²) < 4.78 is 22.4. The third-order valence-electron chi connectivity index (χ3n) is 3.43. The smallest absolute Gasteiger partial charge is 0.267 e. The Hall–Kier alpha value is -3.15. The molecule has 0 fully saturated rings. The van der Waals surface area contributed by atoms with Gasteiger partial charge in [-0.05, 0) is 29.8 Å². The molecule has 2 rings (SSSR count). The molecular weight excluding hydrogens is 352 g/mol. The zero-order valence-electron chi connectivity index (χ0n) is 14.1. The summed E-state index contributed by atoms with van der Waals surface area (Å²) in [5.41, 5.74) is 1.33. The number of hydrogen-bond donors (Lipinski definition) is 2. The first-order valence-corrected chi connectivity index (χ1v) is 9.14. The summed E-state index contributed by atoms with van der Waals surface area (Å²) >= 11 is 0. The molecule has 134 valence electrons. The van der Waals surface area contributed by atoms with Gasteiger partial charge in [0.25, 0.3) is 5.91 Å². The van der Waals surface area contributed by atoms with Crippen molar-refractivity contribution in [1.29, 1.82) is 5.26 Å². The van der Waals surface area contributed by atoms with Crippen LogP contribution >= 0.6 is 0 Å². The van der Waals surface area contributed by atoms with Crippen LogP contribution in [0.25, 0.3) is 0 Å². The van der Waals surface area contributed by atoms with Crippen molar-refractivity contribution < 1.29 is 13.2 Å². The summed E-state index contributed by atoms with van der Waals surface area (Å²) in [7, 11) is -2.04. The molecule has 0 aliphatic carbocycles. The highest BCUT2D eigenvalue weighted by Crippen LogP contribution is 2.14. The second kappa shape index (κ2) is 8.29. The molecule has 1 amide bonds. The lowest BCUT2D eigenvalue weighted by atomic mass is 10.2. The Morgan fingerprint density at radius 1 is 1.19 bits per heavy atom. The fourth-order valence-electron chi connectivity index (χ4n) is 2.20. The summed E-state index contributed by atoms with van der Waals surface area (Å²) in [4.78, 5) is 13.9. The number of anilines is 1. The van der Waals surface area contributed by atoms with E-state index in [1.807, 2.05) is 36.4 Å². The zero-order valence-corrected chi connectivity index (χ0v) is 14.9. The standard InChI is InChI=1S/C18H18N4O3S/c1-22(12-14-5-3-2-4-6-14)13-15(11-19)18(23)21-16-7-9-17(10-8-16)26(20,24)25/h2-10,13H,12H2,1H3,(H,21,23)(H2,20,24,25)/b15-13-. The second-order valence-corrected chi connectivity index (χ2v) is 7.14. The quantitative estimate of drug-likeness (QED) is 0.594. The molecule has 0 spiro atoms. The van der Waals surface area contributed by atoms with Crippen LogP contribution in [0.5, 0.6) is 0 Å². The normalized spacial score (nSPS) is 11.5. The van der Waals surface area contributed by atoms with Gasteiger partial charge in [0.2, 0.25) is 10.0 Å². The van der Waals surface area contributed by atoms with Crippen LogP contribution in [-0.4, -0.2) is 26.3 Å². The Kier molecular flexibility index (Phi) is 6.11. The largest absolute Gasteiger partial charge is 0.375 e. The van der Waals surface area contributed by atoms with Gasteiger partial charge >= 0.3 is 0 Å². The molecule has 0 atom stereocenters. The van der Waals surface area contributed by atoms with Crippen molar-refractivity contribution in [2.24, 2.45) is 5.14 Å². The number of nitrogens with two attached hydrogens (primary N) is 1. The Bertz CT molecular complexity index is 946. The average molecular weight is 370 g/mol. The van der Waals surface area contributed by atoms with E-state index in [9.17, 15) is 18.5 Å². The van der Waals surface area contributed by atoms with Gasteiger partial charge in [-0.2, -0.15) is 5.26 Å². The van der Waals surface area contributed by atoms with Crippen LogP contribution in [0.4, 0.5) is 5.69 Å². The predicted molar refractivity (Wildman–Crippen MR) is 98.0 cm³/mol. The summed E-state index contributed by atoms with van der Waals surface area (Å²) in [6, 6.07) is 16.9. The maximum absolute atomic E-state index is 12.2. The number of hydrogen-bond acceptors (Lipinski definition) is 5. The average Bonchev–Trinajstić information content (AvgIpc) is 2.60. The molecule has 0 saturated heterocycles. The van der Waals surface area contributed by atoms with Crippen molar-refractivity contribution in [3.05, 3.63) is 71.9 Å². The predicted octanol–water partition coefficient (Wildman–Crippen LogP) is 1.81. The molecule has 0 bridgehead atoms. The van der Waals surface area contributed by atoms with Crippen molar-refractivity contribution in [1.82, 2.24) is 4.90 Å². The number of primary sulfonamides is 1. The number of sulfonamides is 1. The minimum absolute atomic E-state index is 0.0610. The lowest BCUT2D eigenvalue weighted by Crippen LogP contribution is -2.18. The van der Waals surface area contributed by atoms with Crippen LogP contribution in [0, 0.1) is 11.3 Å². The number of nitrogens with zero attached hydrogens (tertiary/aromatic N) is 2. The summed E-state index contributed by atoms with van der Waals surface area (Å²) in [5.74, 6) is -0.587. The Morgan fingerprint density at radius 3 is 2.35 bits per heavy atom. The third kappa shape index (κ3) is 5.44. The maximum atomic E-state index is 12.2. The van der Waals surface area contributed by atoms with Gasteiger partial charge in [0, 0.05) is 25.5 Å². The van der Waals surface area contributed by atoms with E-state index in [0.29, 0.717) is 12.2 Å². The first-order valence-electron chi connectivity index (χ1n) is 7.60. The van der Waals surface area contributed by atoms with Crippen LogP contribution in [0.3, 0.4) is 0 Å². The second-order valence-electron chi connectivity index (χ2n) is 5.58. The molecule has 2 aromatic rings. The van der Waals surface area contributed by atoms with Crippen molar-refractivity contribution in [2.75, 3.05) is 12.4 Å². The van der Waals surface area contributed by atoms with Crippen molar-refractivity contribution >= 4 is 21.6 Å². The highest BCUT2D eigenvalue weighted by Gasteiger charge is 2.12. The van der Waals surface area contributed by atoms with Crippen LogP contribution in [0.15, 0.2) is 71.3 Å². The lowest BCUT2D eigenvalue weighted by molar-refractivity contribution is -0.112. The van der Waals surface area contributed by atoms with E-state index in [2.05, 4.69) is 5.32 Å². The molecule has 8 heteroatoms. The molecule has 0 aliphatic heterocycles. The minimum Gasteiger partial charge on any atom is -0.375 e. The third-order valence-corrected chi connectivity index (χ3v) is 4.36. The van der Waals surface area contributed by atoms with Crippen LogP contribution < -0.4 is 10.5 Å². The van der Waals surface area contributed by atoms with Gasteiger partial charge in [-0.25, -0.2) is 13.6 Å². The monoisotopic (exact) mass is 370 g/mol. The van der Waals surface area contributed by atoms with Crippen molar-refractivity contribution in [3.63, 3.8) is 0 Å². The Labute approximate surface area is 152 Å². The van der Waals surface area contributed by atoms with E-state index in [0.717, 1.165) is 5.56 Å². The topological polar surface area (TPSA) is 116 Å². The first kappa shape index (κ1) is 19.2. The van der Waals surface area contributed by atoms with Gasteiger partial charge in [-0.3, -0.25) is 4.79 Å². The Morgan fingerprint density at radius 2 is 1.81 bits per heavy atom. The molecule has 0 unspecified atom stereocenters. The van der Waals surface area contributed by atoms with E-state index in [1.165, 1.54) is 30.5 Å². The number of nitrogens with one attached hydrogen (secondary N) is 1. The number of amides is 1. The summed E-state index contributed by atoms with van der Waals surface area (Å²) in [6.45, 7) is 0.544. The van der Waals surface area contributed by atoms with Gasteiger partial charge in [0.1, 0.15) is 11.6 Å². The molecule has 0 saturated carbocycles. The highest BCUT2D eigenvalue weighted by atomic mass is 32.2. The van der Waals surface area contributed by atoms with E-state index < -0.39 is 15.9 Å². The van der Waals surface area contributed by atoms with E-state index in [1.54, 1.807) is 11.9 Å². The van der Waals surface area contributed by atoms with Crippen molar-refractivity contribution in [3.8, 4) is 6.07 Å². The lowest BCUT2D eigenvalue weighted by Gasteiger charge is -2.15. The number of rotatable bonds is 6. The first-order chi connectivity index (χ1) is 12.3. The SMILES string of the molecule is CN(/C=C(/C#N)C(=O)Nc1ccc(S(N)(=O)=O)cc1)Cc1ccccc1. The molecule has 0 heterocycles. The van der Waals surface area contributed by atoms with Crippen molar-refractivity contribution in [2.45, 2.75) is 11.4 Å². The van der Waals surface area contributed by atoms with Gasteiger partial charge < -0.3 is 10.2 Å². The fraction of sp³-hybridized carbons (Fsp3) is 0.111. The van der Waals surface area contributed by atoms with E-state index in [-0.39, 0.29) is 10.5 Å². The molecule has 2 aromatic carbocycles. The molecular formula is C18H18N4O3S. The summed E-state index contributed by atoms with van der Waals surface area (Å²) in [6.07, 6.45) is 1.46. The van der Waals surface area contributed by atoms with E-state index >= 15 is 0 Å². The molecule has 0 radical (unpaired) electrons. The molecule has 7 nitrogen and oxygen atoms in total. The fourth-order valence-corrected chi connectivity index (χ4v) is 2.72. The van der Waals surface area contributed by atoms with Gasteiger partial charge in [-0.1, -0.05) is 30.3 Å². The zero-order chi connectivity index (χ0) is 19.2. The summed E-state index contributed by atoms with van der Waals surface area (Å²) in [5, 5.41) is 16.8. The minimum atomic E-state index is -3.80. The molecule has 3 N–H and O–H groups in total. The van der Waals surface area contributed by atoms with Crippen LogP contribution in [0.1, 0.15) is 5.56 Å². The van der Waals surface area contributed by atoms with Gasteiger partial charge in [0.05, 0.1) is 4.90 Å². The maximum Gasteiger partial charge on any atom is 0.267 e. The highest BCUT2D eigenvalue weighted by molar-refractivity contribution is 7.89. The van der Waals surface area contributed by atoms with Crippen LogP contribution in [-0.2, 0) is 21.4 Å². The van der Waals surface area contributed by atoms with Gasteiger partial charge in [0.15, 0.2) is 0 Å². The van der Waals surface area contributed by atoms with Crippen LogP contribution in [0.2, 0.25) is 0 Å². The number of nitriles is 1. The number of benzene rings is 2. The molecule has 0 aliphatic rings. The number of carbonyl (C=O) groups is 1. The van der Waals surface area contributed by atoms with Gasteiger partial charge in [-0.15, -0.1) is 0 Å².